The SMILES string of the molecule is CC(CNC(=O)O)ONC(=O)[C@H](C)Oc1ccc(Cl)cc1. The lowest BCUT2D eigenvalue weighted by Gasteiger charge is -2.17. The molecule has 1 aromatic rings. The lowest BCUT2D eigenvalue weighted by atomic mass is 10.3. The first-order valence-corrected chi connectivity index (χ1v) is 6.60. The largest absolute Gasteiger partial charge is 0.481 e. The minimum atomic E-state index is -1.16. The molecule has 1 rings (SSSR count). The third-order valence-electron chi connectivity index (χ3n) is 2.40. The summed E-state index contributed by atoms with van der Waals surface area (Å²) in [5, 5.41) is 11.1. The van der Waals surface area contributed by atoms with Gasteiger partial charge in [0.05, 0.1) is 0 Å². The molecule has 0 bridgehead atoms. The zero-order chi connectivity index (χ0) is 15.8. The highest BCUT2D eigenvalue weighted by molar-refractivity contribution is 6.30. The molecule has 1 aromatic carbocycles. The van der Waals surface area contributed by atoms with Crippen LogP contribution in [0, 0.1) is 0 Å². The van der Waals surface area contributed by atoms with E-state index in [1.165, 1.54) is 0 Å². The summed E-state index contributed by atoms with van der Waals surface area (Å²) in [5.74, 6) is 0.0229. The number of rotatable bonds is 7. The zero-order valence-electron chi connectivity index (χ0n) is 11.6. The summed E-state index contributed by atoms with van der Waals surface area (Å²) in [7, 11) is 0. The van der Waals surface area contributed by atoms with E-state index in [1.54, 1.807) is 38.1 Å². The van der Waals surface area contributed by atoms with Gasteiger partial charge in [0.25, 0.3) is 5.91 Å². The zero-order valence-corrected chi connectivity index (χ0v) is 12.4. The number of carbonyl (C=O) groups excluding carboxylic acids is 1. The number of ether oxygens (including phenoxy) is 1. The third-order valence-corrected chi connectivity index (χ3v) is 2.65. The van der Waals surface area contributed by atoms with Crippen molar-refractivity contribution < 1.29 is 24.3 Å². The summed E-state index contributed by atoms with van der Waals surface area (Å²) >= 11 is 5.74. The second-order valence-electron chi connectivity index (χ2n) is 4.29. The molecule has 1 unspecified atom stereocenters. The van der Waals surface area contributed by atoms with Crippen molar-refractivity contribution in [3.8, 4) is 5.75 Å². The summed E-state index contributed by atoms with van der Waals surface area (Å²) in [4.78, 5) is 27.0. The number of halogens is 1. The van der Waals surface area contributed by atoms with Gasteiger partial charge in [-0.1, -0.05) is 11.6 Å². The van der Waals surface area contributed by atoms with E-state index in [-0.39, 0.29) is 6.54 Å². The molecule has 0 aliphatic heterocycles. The predicted molar refractivity (Wildman–Crippen MR) is 76.3 cm³/mol. The van der Waals surface area contributed by atoms with E-state index < -0.39 is 24.2 Å². The van der Waals surface area contributed by atoms with Gasteiger partial charge in [-0.3, -0.25) is 9.63 Å². The van der Waals surface area contributed by atoms with Gasteiger partial charge in [0, 0.05) is 11.6 Å². The van der Waals surface area contributed by atoms with Crippen LogP contribution in [0.5, 0.6) is 5.75 Å². The van der Waals surface area contributed by atoms with E-state index >= 15 is 0 Å². The summed E-state index contributed by atoms with van der Waals surface area (Å²) in [6.07, 6.45) is -2.44. The second-order valence-corrected chi connectivity index (χ2v) is 4.73. The molecule has 116 valence electrons. The maximum absolute atomic E-state index is 11.7. The minimum Gasteiger partial charge on any atom is -0.481 e. The average molecular weight is 317 g/mol. The smallest absolute Gasteiger partial charge is 0.404 e. The van der Waals surface area contributed by atoms with Gasteiger partial charge in [-0.2, -0.15) is 0 Å². The highest BCUT2D eigenvalue weighted by Crippen LogP contribution is 2.16. The Kier molecular flexibility index (Phi) is 6.77. The molecule has 0 aliphatic carbocycles. The van der Waals surface area contributed by atoms with Crippen LogP contribution in [0.1, 0.15) is 13.8 Å². The van der Waals surface area contributed by atoms with E-state index in [4.69, 9.17) is 26.3 Å². The number of hydrogen-bond donors (Lipinski definition) is 3. The second kappa shape index (κ2) is 8.33. The highest BCUT2D eigenvalue weighted by Gasteiger charge is 2.16. The summed E-state index contributed by atoms with van der Waals surface area (Å²) < 4.78 is 5.40. The number of benzene rings is 1. The first-order chi connectivity index (χ1) is 9.88. The van der Waals surface area contributed by atoms with Gasteiger partial charge in [0.2, 0.25) is 0 Å². The average Bonchev–Trinajstić information content (AvgIpc) is 2.44. The topological polar surface area (TPSA) is 96.9 Å². The Morgan fingerprint density at radius 1 is 1.29 bits per heavy atom. The van der Waals surface area contributed by atoms with Crippen molar-refractivity contribution in [1.82, 2.24) is 10.8 Å². The molecular formula is C13H17ClN2O5. The Morgan fingerprint density at radius 2 is 1.90 bits per heavy atom. The molecule has 0 radical (unpaired) electrons. The number of hydrogen-bond acceptors (Lipinski definition) is 4. The van der Waals surface area contributed by atoms with Crippen molar-refractivity contribution in [2.75, 3.05) is 6.54 Å². The fraction of sp³-hybridized carbons (Fsp3) is 0.385. The summed E-state index contributed by atoms with van der Waals surface area (Å²) in [6, 6.07) is 6.59. The van der Waals surface area contributed by atoms with E-state index in [0.29, 0.717) is 10.8 Å². The molecule has 7 nitrogen and oxygen atoms in total. The van der Waals surface area contributed by atoms with Crippen molar-refractivity contribution in [3.63, 3.8) is 0 Å². The molecule has 3 N–H and O–H groups in total. The van der Waals surface area contributed by atoms with Crippen molar-refractivity contribution in [3.05, 3.63) is 29.3 Å². The standard InChI is InChI=1S/C13H17ClN2O5/c1-8(7-15-13(18)19)21-16-12(17)9(2)20-11-5-3-10(14)4-6-11/h3-6,8-9,15H,7H2,1-2H3,(H,16,17)(H,18,19)/t8?,9-/m0/s1. The first kappa shape index (κ1) is 17.1. The van der Waals surface area contributed by atoms with Crippen molar-refractivity contribution in [1.29, 1.82) is 0 Å². The van der Waals surface area contributed by atoms with Crippen LogP contribution in [0.25, 0.3) is 0 Å². The molecule has 0 fully saturated rings. The van der Waals surface area contributed by atoms with Crippen molar-refractivity contribution in [2.24, 2.45) is 0 Å². The number of amides is 2. The van der Waals surface area contributed by atoms with Gasteiger partial charge in [-0.05, 0) is 38.1 Å². The molecule has 21 heavy (non-hydrogen) atoms. The Balaban J connectivity index is 2.34. The number of nitrogens with one attached hydrogen (secondary N) is 2. The normalized spacial score (nSPS) is 13.1. The molecule has 2 atom stereocenters. The van der Waals surface area contributed by atoms with Crippen LogP contribution in [0.3, 0.4) is 0 Å². The van der Waals surface area contributed by atoms with Gasteiger partial charge in [-0.15, -0.1) is 0 Å². The molecule has 0 spiro atoms. The van der Waals surface area contributed by atoms with E-state index in [2.05, 4.69) is 10.8 Å². The van der Waals surface area contributed by atoms with Crippen molar-refractivity contribution >= 4 is 23.6 Å². The van der Waals surface area contributed by atoms with Gasteiger partial charge in [0.1, 0.15) is 11.9 Å². The Morgan fingerprint density at radius 3 is 2.48 bits per heavy atom. The van der Waals surface area contributed by atoms with Crippen LogP contribution in [0.4, 0.5) is 4.79 Å². The van der Waals surface area contributed by atoms with E-state index in [9.17, 15) is 9.59 Å². The molecule has 2 amide bonds. The third kappa shape index (κ3) is 6.82. The number of carboxylic acid groups (broad SMARTS) is 1. The predicted octanol–water partition coefficient (Wildman–Crippen LogP) is 1.81. The minimum absolute atomic E-state index is 0.0576. The molecule has 0 heterocycles. The Bertz CT molecular complexity index is 480. The van der Waals surface area contributed by atoms with Gasteiger partial charge in [0.15, 0.2) is 6.10 Å². The molecule has 0 saturated heterocycles. The van der Waals surface area contributed by atoms with E-state index in [0.717, 1.165) is 0 Å². The maximum atomic E-state index is 11.7. The van der Waals surface area contributed by atoms with Crippen LogP contribution in [0.15, 0.2) is 24.3 Å². The monoisotopic (exact) mass is 316 g/mol. The number of hydroxylamine groups is 1. The fourth-order valence-corrected chi connectivity index (χ4v) is 1.41. The lowest BCUT2D eigenvalue weighted by Crippen LogP contribution is -2.41. The van der Waals surface area contributed by atoms with Gasteiger partial charge >= 0.3 is 6.09 Å². The molecule has 8 heteroatoms. The fourth-order valence-electron chi connectivity index (χ4n) is 1.29. The number of carbonyl (C=O) groups is 2. The highest BCUT2D eigenvalue weighted by atomic mass is 35.5. The quantitative estimate of drug-likeness (QED) is 0.667. The summed E-state index contributed by atoms with van der Waals surface area (Å²) in [5.41, 5.74) is 2.21. The molecular weight excluding hydrogens is 300 g/mol. The first-order valence-electron chi connectivity index (χ1n) is 6.23. The van der Waals surface area contributed by atoms with Gasteiger partial charge < -0.3 is 15.2 Å². The Labute approximate surface area is 127 Å². The Hall–Kier alpha value is -1.99. The maximum Gasteiger partial charge on any atom is 0.404 e. The summed E-state index contributed by atoms with van der Waals surface area (Å²) in [6.45, 7) is 3.23. The molecule has 0 aromatic heterocycles. The van der Waals surface area contributed by atoms with Crippen molar-refractivity contribution in [2.45, 2.75) is 26.1 Å². The van der Waals surface area contributed by atoms with Crippen LogP contribution in [-0.2, 0) is 9.63 Å². The van der Waals surface area contributed by atoms with E-state index in [1.807, 2.05) is 0 Å². The van der Waals surface area contributed by atoms with Crippen LogP contribution >= 0.6 is 11.6 Å². The van der Waals surface area contributed by atoms with Crippen LogP contribution in [-0.4, -0.2) is 35.9 Å². The molecule has 0 saturated carbocycles. The lowest BCUT2D eigenvalue weighted by molar-refractivity contribution is -0.143. The van der Waals surface area contributed by atoms with Crippen LogP contribution < -0.4 is 15.5 Å². The van der Waals surface area contributed by atoms with Gasteiger partial charge in [-0.25, -0.2) is 10.3 Å². The molecule has 0 aliphatic rings. The van der Waals surface area contributed by atoms with Crippen LogP contribution in [0.2, 0.25) is 5.02 Å².